The maximum Gasteiger partial charge on any atom is 0.397 e. The number of esters is 2. The van der Waals surface area contributed by atoms with Crippen molar-refractivity contribution < 1.29 is 40.7 Å². The van der Waals surface area contributed by atoms with Gasteiger partial charge in [-0.3, -0.25) is 14.1 Å². The van der Waals surface area contributed by atoms with Crippen LogP contribution in [0.5, 0.6) is 0 Å². The largest absolute Gasteiger partial charge is 0.461 e. The zero-order chi connectivity index (χ0) is 31.5. The summed E-state index contributed by atoms with van der Waals surface area (Å²) in [5.41, 5.74) is 0. The average Bonchev–Trinajstić information content (AvgIpc) is 2.91. The molecule has 0 saturated carbocycles. The topological polar surface area (TPSA) is 116 Å². The van der Waals surface area contributed by atoms with Crippen LogP contribution in [0.25, 0.3) is 0 Å². The summed E-state index contributed by atoms with van der Waals surface area (Å²) in [5, 5.41) is 0. The molecule has 0 amide bonds. The van der Waals surface area contributed by atoms with Crippen LogP contribution in [0.3, 0.4) is 0 Å². The molecule has 0 heterocycles. The van der Waals surface area contributed by atoms with Crippen LogP contribution in [0.2, 0.25) is 0 Å². The van der Waals surface area contributed by atoms with Gasteiger partial charge in [-0.1, -0.05) is 117 Å². The van der Waals surface area contributed by atoms with Crippen molar-refractivity contribution in [1.82, 2.24) is 0 Å². The molecule has 9 nitrogen and oxygen atoms in total. The molecule has 1 atom stereocenters. The Morgan fingerprint density at radius 1 is 0.667 bits per heavy atom. The molecule has 250 valence electrons. The van der Waals surface area contributed by atoms with Crippen LogP contribution in [0, 0.1) is 0 Å². The predicted octanol–water partition coefficient (Wildman–Crippen LogP) is 7.57. The van der Waals surface area contributed by atoms with Crippen molar-refractivity contribution in [3.8, 4) is 0 Å². The highest BCUT2D eigenvalue weighted by atomic mass is 32.3. The highest BCUT2D eigenvalue weighted by molar-refractivity contribution is 7.80. The smallest absolute Gasteiger partial charge is 0.397 e. The molecule has 42 heavy (non-hydrogen) atoms. The number of rotatable bonds is 30. The van der Waals surface area contributed by atoms with E-state index in [1.807, 2.05) is 14.1 Å². The van der Waals surface area contributed by atoms with Gasteiger partial charge >= 0.3 is 22.3 Å². The fourth-order valence-corrected chi connectivity index (χ4v) is 5.41. The lowest BCUT2D eigenvalue weighted by atomic mass is 10.1. The molecule has 0 fully saturated rings. The predicted molar refractivity (Wildman–Crippen MR) is 168 cm³/mol. The zero-order valence-corrected chi connectivity index (χ0v) is 28.2. The van der Waals surface area contributed by atoms with Gasteiger partial charge in [0.2, 0.25) is 0 Å². The van der Waals surface area contributed by atoms with E-state index in [0.29, 0.717) is 36.8 Å². The van der Waals surface area contributed by atoms with Gasteiger partial charge in [0.05, 0.1) is 27.2 Å². The molecular weight excluding hydrogens is 558 g/mol. The quantitative estimate of drug-likeness (QED) is 0.0377. The minimum atomic E-state index is -4.47. The Morgan fingerprint density at radius 3 is 1.55 bits per heavy atom. The summed E-state index contributed by atoms with van der Waals surface area (Å²) in [6.45, 7) is 5.22. The monoisotopic (exact) mass is 622 g/mol. The summed E-state index contributed by atoms with van der Waals surface area (Å²) < 4.78 is 46.5. The number of nitrogens with zero attached hydrogens (tertiary/aromatic N) is 1. The number of hydrogen-bond donors (Lipinski definition) is 1. The molecule has 0 aromatic heterocycles. The Kier molecular flexibility index (Phi) is 25.4. The maximum atomic E-state index is 12.6. The third-order valence-electron chi connectivity index (χ3n) is 7.54. The van der Waals surface area contributed by atoms with Gasteiger partial charge in [-0.25, -0.2) is 4.18 Å². The normalized spacial score (nSPS) is 12.8. The zero-order valence-electron chi connectivity index (χ0n) is 27.4. The fourth-order valence-electron chi connectivity index (χ4n) is 5.09. The van der Waals surface area contributed by atoms with Gasteiger partial charge in [-0.05, 0) is 12.8 Å². The first-order valence-electron chi connectivity index (χ1n) is 16.8. The minimum absolute atomic E-state index is 0.00294. The summed E-state index contributed by atoms with van der Waals surface area (Å²) in [6, 6.07) is 0. The lowest BCUT2D eigenvalue weighted by molar-refractivity contribution is -0.893. The summed E-state index contributed by atoms with van der Waals surface area (Å²) >= 11 is 0. The molecule has 0 aliphatic carbocycles. The van der Waals surface area contributed by atoms with Crippen molar-refractivity contribution in [2.45, 2.75) is 155 Å². The molecule has 1 N–H and O–H groups in total. The van der Waals surface area contributed by atoms with Crippen molar-refractivity contribution >= 4 is 22.3 Å². The van der Waals surface area contributed by atoms with E-state index in [0.717, 1.165) is 38.5 Å². The van der Waals surface area contributed by atoms with Gasteiger partial charge in [0.1, 0.15) is 13.2 Å². The molecule has 0 aliphatic rings. The highest BCUT2D eigenvalue weighted by Crippen LogP contribution is 2.14. The summed E-state index contributed by atoms with van der Waals surface area (Å²) in [7, 11) is -0.613. The Labute approximate surface area is 258 Å². The molecule has 1 unspecified atom stereocenters. The number of hydrogen-bond acceptors (Lipinski definition) is 7. The van der Waals surface area contributed by atoms with Crippen molar-refractivity contribution in [3.63, 3.8) is 0 Å². The second kappa shape index (κ2) is 26.2. The first-order valence-corrected chi connectivity index (χ1v) is 18.1. The number of carbonyl (C=O) groups is 2. The van der Waals surface area contributed by atoms with Crippen LogP contribution in [-0.4, -0.2) is 75.9 Å². The van der Waals surface area contributed by atoms with E-state index in [1.165, 1.54) is 77.0 Å². The van der Waals surface area contributed by atoms with Gasteiger partial charge in [0.25, 0.3) is 0 Å². The summed E-state index contributed by atoms with van der Waals surface area (Å²) in [6.07, 6.45) is 21.5. The Hall–Kier alpha value is -1.23. The number of quaternary nitrogens is 1. The van der Waals surface area contributed by atoms with E-state index >= 15 is 0 Å². The summed E-state index contributed by atoms with van der Waals surface area (Å²) in [4.78, 5) is 25.0. The third-order valence-corrected chi connectivity index (χ3v) is 8.00. The molecule has 0 bridgehead atoms. The molecule has 0 rings (SSSR count). The third kappa shape index (κ3) is 28.9. The van der Waals surface area contributed by atoms with E-state index in [2.05, 4.69) is 18.0 Å². The van der Waals surface area contributed by atoms with Crippen molar-refractivity contribution in [3.05, 3.63) is 0 Å². The second-order valence-corrected chi connectivity index (χ2v) is 13.5. The molecule has 0 saturated heterocycles. The number of likely N-dealkylation sites (N-methyl/N-ethyl adjacent to an activating group) is 1. The SMILES string of the molecule is CCCCCCCCCCCC(=O)OCC(C[N+](C)(C)CCCOS(=O)(=O)O)OC(=O)CCCCCCCCCCC. The van der Waals surface area contributed by atoms with E-state index in [1.54, 1.807) is 0 Å². The standard InChI is InChI=1S/C32H63NO8S/c1-5-7-9-11-13-15-17-19-21-24-31(34)39-29-30(28-33(3,4)26-23-27-40-42(36,37)38)41-32(35)25-22-20-18-16-14-12-10-8-6-2/h30H,5-29H2,1-4H3/p+1. The Morgan fingerprint density at radius 2 is 1.10 bits per heavy atom. The number of unbranched alkanes of at least 4 members (excludes halogenated alkanes) is 16. The summed E-state index contributed by atoms with van der Waals surface area (Å²) in [5.74, 6) is -0.558. The Bertz CT molecular complexity index is 772. The van der Waals surface area contributed by atoms with Gasteiger partial charge in [-0.15, -0.1) is 0 Å². The van der Waals surface area contributed by atoms with E-state index < -0.39 is 16.5 Å². The highest BCUT2D eigenvalue weighted by Gasteiger charge is 2.26. The lowest BCUT2D eigenvalue weighted by Gasteiger charge is -2.33. The van der Waals surface area contributed by atoms with Crippen LogP contribution in [0.15, 0.2) is 0 Å². The van der Waals surface area contributed by atoms with Gasteiger partial charge < -0.3 is 14.0 Å². The van der Waals surface area contributed by atoms with Gasteiger partial charge in [0.15, 0.2) is 6.10 Å². The number of ether oxygens (including phenoxy) is 2. The second-order valence-electron chi connectivity index (χ2n) is 12.4. The van der Waals surface area contributed by atoms with Crippen LogP contribution < -0.4 is 0 Å². The molecule has 10 heteroatoms. The average molecular weight is 623 g/mol. The van der Waals surface area contributed by atoms with E-state index in [-0.39, 0.29) is 25.2 Å². The van der Waals surface area contributed by atoms with Crippen LogP contribution in [0.4, 0.5) is 0 Å². The molecular formula is C32H64NO8S+. The maximum absolute atomic E-state index is 12.6. The van der Waals surface area contributed by atoms with Gasteiger partial charge in [-0.2, -0.15) is 8.42 Å². The minimum Gasteiger partial charge on any atom is -0.461 e. The molecule has 0 aliphatic heterocycles. The van der Waals surface area contributed by atoms with Crippen molar-refractivity contribution in [2.24, 2.45) is 0 Å². The molecule has 0 spiro atoms. The Balaban J connectivity index is 4.55. The van der Waals surface area contributed by atoms with Crippen molar-refractivity contribution in [2.75, 3.05) is 40.4 Å². The van der Waals surface area contributed by atoms with Crippen LogP contribution >= 0.6 is 0 Å². The van der Waals surface area contributed by atoms with Gasteiger partial charge in [0, 0.05) is 19.3 Å². The fraction of sp³-hybridized carbons (Fsp3) is 0.938. The number of carbonyl (C=O) groups excluding carboxylic acids is 2. The van der Waals surface area contributed by atoms with Crippen LogP contribution in [-0.2, 0) is 33.6 Å². The van der Waals surface area contributed by atoms with Crippen molar-refractivity contribution in [1.29, 1.82) is 0 Å². The van der Waals surface area contributed by atoms with E-state index in [9.17, 15) is 18.0 Å². The molecule has 0 radical (unpaired) electrons. The lowest BCUT2D eigenvalue weighted by Crippen LogP contribution is -2.49. The molecule has 0 aromatic rings. The first-order chi connectivity index (χ1) is 20.0. The van der Waals surface area contributed by atoms with E-state index in [4.69, 9.17) is 14.0 Å². The molecule has 0 aromatic carbocycles. The van der Waals surface area contributed by atoms with Crippen LogP contribution in [0.1, 0.15) is 149 Å². The first kappa shape index (κ1) is 40.8.